The van der Waals surface area contributed by atoms with E-state index in [1.54, 1.807) is 18.4 Å². The standard InChI is InChI=1S/C16H24N2O2S/c1-10(2)14-16(19)18(11-6-7-12(9-11)20-3)15(17-14)13-5-4-8-21-13/h4-5,8,10-12,14-15,17H,6-7,9H2,1-3H3. The molecule has 1 amide bonds. The molecule has 0 spiro atoms. The molecule has 1 aliphatic heterocycles. The fourth-order valence-corrected chi connectivity index (χ4v) is 4.31. The van der Waals surface area contributed by atoms with E-state index in [4.69, 9.17) is 4.74 Å². The van der Waals surface area contributed by atoms with Gasteiger partial charge in [0.25, 0.3) is 0 Å². The lowest BCUT2D eigenvalue weighted by atomic mass is 10.0. The zero-order chi connectivity index (χ0) is 15.0. The Morgan fingerprint density at radius 1 is 1.43 bits per heavy atom. The van der Waals surface area contributed by atoms with E-state index < -0.39 is 0 Å². The minimum atomic E-state index is -0.0707. The van der Waals surface area contributed by atoms with Gasteiger partial charge in [-0.2, -0.15) is 0 Å². The van der Waals surface area contributed by atoms with Crippen molar-refractivity contribution in [1.29, 1.82) is 0 Å². The minimum absolute atomic E-state index is 0.0329. The molecule has 116 valence electrons. The summed E-state index contributed by atoms with van der Waals surface area (Å²) in [5.41, 5.74) is 0. The van der Waals surface area contributed by atoms with E-state index in [0.717, 1.165) is 19.3 Å². The number of nitrogens with zero attached hydrogens (tertiary/aromatic N) is 1. The van der Waals surface area contributed by atoms with Crippen LogP contribution in [0, 0.1) is 5.92 Å². The SMILES string of the molecule is COC1CCC(N2C(=O)C(C(C)C)NC2c2cccs2)C1. The van der Waals surface area contributed by atoms with Crippen molar-refractivity contribution in [3.05, 3.63) is 22.4 Å². The number of nitrogens with one attached hydrogen (secondary N) is 1. The molecule has 2 heterocycles. The van der Waals surface area contributed by atoms with Gasteiger partial charge in [0.05, 0.1) is 12.1 Å². The van der Waals surface area contributed by atoms with Gasteiger partial charge in [-0.1, -0.05) is 19.9 Å². The topological polar surface area (TPSA) is 41.6 Å². The first-order chi connectivity index (χ1) is 10.1. The lowest BCUT2D eigenvalue weighted by Crippen LogP contribution is -2.39. The fraction of sp³-hybridized carbons (Fsp3) is 0.688. The van der Waals surface area contributed by atoms with Crippen molar-refractivity contribution in [3.63, 3.8) is 0 Å². The van der Waals surface area contributed by atoms with Gasteiger partial charge in [0, 0.05) is 18.0 Å². The van der Waals surface area contributed by atoms with E-state index in [1.165, 1.54) is 4.88 Å². The molecule has 0 aromatic carbocycles. The summed E-state index contributed by atoms with van der Waals surface area (Å²) < 4.78 is 5.48. The first-order valence-corrected chi connectivity index (χ1v) is 8.64. The summed E-state index contributed by atoms with van der Waals surface area (Å²) in [6.07, 6.45) is 3.37. The molecule has 1 saturated heterocycles. The third-order valence-electron chi connectivity index (χ3n) is 4.70. The predicted octanol–water partition coefficient (Wildman–Crippen LogP) is 2.77. The molecule has 21 heavy (non-hydrogen) atoms. The maximum atomic E-state index is 12.9. The Kier molecular flexibility index (Phi) is 4.33. The third-order valence-corrected chi connectivity index (χ3v) is 5.62. The van der Waals surface area contributed by atoms with Gasteiger partial charge >= 0.3 is 0 Å². The molecule has 4 unspecified atom stereocenters. The van der Waals surface area contributed by atoms with Crippen LogP contribution in [0.15, 0.2) is 17.5 Å². The number of hydrogen-bond acceptors (Lipinski definition) is 4. The average Bonchev–Trinajstić information content (AvgIpc) is 3.16. The molecule has 1 aliphatic carbocycles. The van der Waals surface area contributed by atoms with Crippen LogP contribution in [-0.4, -0.2) is 36.1 Å². The molecule has 4 nitrogen and oxygen atoms in total. The van der Waals surface area contributed by atoms with Gasteiger partial charge in [0.15, 0.2) is 0 Å². The summed E-state index contributed by atoms with van der Waals surface area (Å²) in [6, 6.07) is 4.40. The van der Waals surface area contributed by atoms with Crippen molar-refractivity contribution < 1.29 is 9.53 Å². The van der Waals surface area contributed by atoms with E-state index >= 15 is 0 Å². The molecule has 1 aromatic rings. The van der Waals surface area contributed by atoms with Crippen molar-refractivity contribution in [3.8, 4) is 0 Å². The second-order valence-electron chi connectivity index (χ2n) is 6.38. The van der Waals surface area contributed by atoms with Crippen LogP contribution >= 0.6 is 11.3 Å². The Balaban J connectivity index is 1.85. The highest BCUT2D eigenvalue weighted by Gasteiger charge is 2.46. The number of ether oxygens (including phenoxy) is 1. The molecule has 1 N–H and O–H groups in total. The molecule has 0 bridgehead atoms. The minimum Gasteiger partial charge on any atom is -0.381 e. The Bertz CT molecular complexity index is 488. The average molecular weight is 308 g/mol. The number of rotatable bonds is 4. The number of carbonyl (C=O) groups is 1. The maximum Gasteiger partial charge on any atom is 0.241 e. The van der Waals surface area contributed by atoms with E-state index in [9.17, 15) is 4.79 Å². The molecule has 4 atom stereocenters. The second-order valence-corrected chi connectivity index (χ2v) is 7.36. The van der Waals surface area contributed by atoms with E-state index in [0.29, 0.717) is 18.1 Å². The Morgan fingerprint density at radius 2 is 2.24 bits per heavy atom. The summed E-state index contributed by atoms with van der Waals surface area (Å²) in [5.74, 6) is 0.565. The van der Waals surface area contributed by atoms with Crippen LogP contribution in [0.3, 0.4) is 0 Å². The maximum absolute atomic E-state index is 12.9. The van der Waals surface area contributed by atoms with Crippen molar-refractivity contribution in [2.45, 2.75) is 57.5 Å². The molecule has 2 fully saturated rings. The highest BCUT2D eigenvalue weighted by Crippen LogP contribution is 2.37. The molecule has 1 aromatic heterocycles. The summed E-state index contributed by atoms with van der Waals surface area (Å²) in [7, 11) is 1.77. The molecule has 1 saturated carbocycles. The smallest absolute Gasteiger partial charge is 0.241 e. The summed E-state index contributed by atoms with van der Waals surface area (Å²) in [5, 5.41) is 5.63. The zero-order valence-electron chi connectivity index (χ0n) is 12.9. The van der Waals surface area contributed by atoms with Gasteiger partial charge < -0.3 is 9.64 Å². The molecule has 2 aliphatic rings. The number of hydrogen-bond donors (Lipinski definition) is 1. The van der Waals surface area contributed by atoms with Crippen molar-refractivity contribution >= 4 is 17.2 Å². The van der Waals surface area contributed by atoms with Gasteiger partial charge in [-0.25, -0.2) is 0 Å². The Hall–Kier alpha value is -0.910. The molecular formula is C16H24N2O2S. The largest absolute Gasteiger partial charge is 0.381 e. The first-order valence-electron chi connectivity index (χ1n) is 7.76. The number of carbonyl (C=O) groups excluding carboxylic acids is 1. The summed E-state index contributed by atoms with van der Waals surface area (Å²) in [4.78, 5) is 16.2. The second kappa shape index (κ2) is 6.07. The van der Waals surface area contributed by atoms with Gasteiger partial charge in [-0.15, -0.1) is 11.3 Å². The van der Waals surface area contributed by atoms with Gasteiger partial charge in [0.2, 0.25) is 5.91 Å². The van der Waals surface area contributed by atoms with Crippen LogP contribution in [0.1, 0.15) is 44.2 Å². The van der Waals surface area contributed by atoms with E-state index in [1.807, 2.05) is 0 Å². The van der Waals surface area contributed by atoms with E-state index in [-0.39, 0.29) is 18.1 Å². The molecule has 3 rings (SSSR count). The van der Waals surface area contributed by atoms with Crippen LogP contribution in [-0.2, 0) is 9.53 Å². The van der Waals surface area contributed by atoms with Crippen LogP contribution in [0.25, 0.3) is 0 Å². The Labute approximate surface area is 130 Å². The fourth-order valence-electron chi connectivity index (χ4n) is 3.53. The molecule has 0 radical (unpaired) electrons. The number of methoxy groups -OCH3 is 1. The predicted molar refractivity (Wildman–Crippen MR) is 84.1 cm³/mol. The van der Waals surface area contributed by atoms with Gasteiger partial charge in [-0.05, 0) is 36.6 Å². The number of amides is 1. The summed E-state index contributed by atoms with van der Waals surface area (Å²) >= 11 is 1.72. The lowest BCUT2D eigenvalue weighted by Gasteiger charge is -2.29. The van der Waals surface area contributed by atoms with Crippen LogP contribution in [0.5, 0.6) is 0 Å². The highest BCUT2D eigenvalue weighted by atomic mass is 32.1. The lowest BCUT2D eigenvalue weighted by molar-refractivity contribution is -0.133. The van der Waals surface area contributed by atoms with Crippen molar-refractivity contribution in [2.75, 3.05) is 7.11 Å². The quantitative estimate of drug-likeness (QED) is 0.930. The first kappa shape index (κ1) is 15.0. The molecular weight excluding hydrogens is 284 g/mol. The van der Waals surface area contributed by atoms with Crippen molar-refractivity contribution in [2.24, 2.45) is 5.92 Å². The van der Waals surface area contributed by atoms with E-state index in [2.05, 4.69) is 41.6 Å². The normalized spacial score (nSPS) is 33.3. The van der Waals surface area contributed by atoms with Crippen LogP contribution in [0.2, 0.25) is 0 Å². The van der Waals surface area contributed by atoms with Crippen LogP contribution < -0.4 is 5.32 Å². The van der Waals surface area contributed by atoms with Crippen LogP contribution in [0.4, 0.5) is 0 Å². The molecule has 5 heteroatoms. The monoisotopic (exact) mass is 308 g/mol. The van der Waals surface area contributed by atoms with Crippen molar-refractivity contribution in [1.82, 2.24) is 10.2 Å². The summed E-state index contributed by atoms with van der Waals surface area (Å²) in [6.45, 7) is 4.22. The van der Waals surface area contributed by atoms with Gasteiger partial charge in [-0.3, -0.25) is 10.1 Å². The third kappa shape index (κ3) is 2.74. The number of thiophene rings is 1. The highest BCUT2D eigenvalue weighted by molar-refractivity contribution is 7.10. The van der Waals surface area contributed by atoms with Gasteiger partial charge in [0.1, 0.15) is 6.17 Å². The Morgan fingerprint density at radius 3 is 2.81 bits per heavy atom. The zero-order valence-corrected chi connectivity index (χ0v) is 13.7.